The summed E-state index contributed by atoms with van der Waals surface area (Å²) in [5.41, 5.74) is 1.41. The summed E-state index contributed by atoms with van der Waals surface area (Å²) in [5, 5.41) is 2.53. The van der Waals surface area contributed by atoms with Gasteiger partial charge >= 0.3 is 0 Å². The van der Waals surface area contributed by atoms with Gasteiger partial charge in [0, 0.05) is 5.39 Å². The first kappa shape index (κ1) is 10.0. The summed E-state index contributed by atoms with van der Waals surface area (Å²) in [5.74, 6) is 0.963. The molecule has 0 atom stereocenters. The number of aryl methyl sites for hydroxylation is 1. The second-order valence-electron chi connectivity index (χ2n) is 3.72. The van der Waals surface area contributed by atoms with E-state index in [0.717, 1.165) is 12.2 Å². The summed E-state index contributed by atoms with van der Waals surface area (Å²) in [6.07, 6.45) is 2.31. The lowest BCUT2D eigenvalue weighted by atomic mass is 10.0. The first-order valence-electron chi connectivity index (χ1n) is 5.41. The Morgan fingerprint density at radius 1 is 1.00 bits per heavy atom. The fraction of sp³-hybridized carbons (Fsp3) is 0.286. The summed E-state index contributed by atoms with van der Waals surface area (Å²) >= 11 is 0. The monoisotopic (exact) mass is 200 g/mol. The van der Waals surface area contributed by atoms with Crippen LogP contribution in [0.2, 0.25) is 0 Å². The summed E-state index contributed by atoms with van der Waals surface area (Å²) in [6, 6.07) is 12.7. The average Bonchev–Trinajstić information content (AvgIpc) is 2.29. The van der Waals surface area contributed by atoms with Gasteiger partial charge in [0.15, 0.2) is 0 Å². The molecule has 0 aliphatic heterocycles. The van der Waals surface area contributed by atoms with Gasteiger partial charge in [-0.05, 0) is 23.4 Å². The minimum absolute atomic E-state index is 0.963. The van der Waals surface area contributed by atoms with Gasteiger partial charge in [0.25, 0.3) is 0 Å². The minimum atomic E-state index is 0.963. The Balaban J connectivity index is 2.65. The smallest absolute Gasteiger partial charge is 0.126 e. The Labute approximate surface area is 90.7 Å². The predicted molar refractivity (Wildman–Crippen MR) is 64.5 cm³/mol. The van der Waals surface area contributed by atoms with Crippen LogP contribution in [-0.2, 0) is 6.42 Å². The van der Waals surface area contributed by atoms with E-state index in [1.54, 1.807) is 7.11 Å². The molecule has 0 fully saturated rings. The maximum absolute atomic E-state index is 5.36. The molecule has 0 aliphatic carbocycles. The topological polar surface area (TPSA) is 9.23 Å². The molecular weight excluding hydrogens is 184 g/mol. The highest BCUT2D eigenvalue weighted by molar-refractivity contribution is 5.90. The van der Waals surface area contributed by atoms with Crippen molar-refractivity contribution in [3.05, 3.63) is 42.0 Å². The van der Waals surface area contributed by atoms with Gasteiger partial charge in [-0.2, -0.15) is 0 Å². The highest BCUT2D eigenvalue weighted by Crippen LogP contribution is 2.28. The lowest BCUT2D eigenvalue weighted by Crippen LogP contribution is -1.89. The number of hydrogen-bond acceptors (Lipinski definition) is 1. The van der Waals surface area contributed by atoms with E-state index in [2.05, 4.69) is 37.3 Å². The number of fused-ring (bicyclic) bond motifs is 1. The van der Waals surface area contributed by atoms with E-state index in [0.29, 0.717) is 0 Å². The van der Waals surface area contributed by atoms with E-state index in [9.17, 15) is 0 Å². The van der Waals surface area contributed by atoms with Crippen LogP contribution in [0.5, 0.6) is 5.75 Å². The molecule has 0 bridgehead atoms. The van der Waals surface area contributed by atoms with Crippen LogP contribution in [0.25, 0.3) is 10.8 Å². The molecule has 1 nitrogen and oxygen atoms in total. The van der Waals surface area contributed by atoms with E-state index in [4.69, 9.17) is 4.74 Å². The van der Waals surface area contributed by atoms with Crippen molar-refractivity contribution in [1.29, 1.82) is 0 Å². The van der Waals surface area contributed by atoms with Gasteiger partial charge in [-0.1, -0.05) is 43.7 Å². The molecule has 0 saturated heterocycles. The number of hydrogen-bond donors (Lipinski definition) is 0. The van der Waals surface area contributed by atoms with Crippen molar-refractivity contribution in [3.8, 4) is 5.75 Å². The van der Waals surface area contributed by atoms with Crippen molar-refractivity contribution in [2.45, 2.75) is 19.8 Å². The van der Waals surface area contributed by atoms with Gasteiger partial charge in [-0.3, -0.25) is 0 Å². The molecule has 0 aliphatic rings. The van der Waals surface area contributed by atoms with Crippen LogP contribution in [0.4, 0.5) is 0 Å². The van der Waals surface area contributed by atoms with Gasteiger partial charge in [-0.15, -0.1) is 0 Å². The van der Waals surface area contributed by atoms with Crippen LogP contribution >= 0.6 is 0 Å². The maximum Gasteiger partial charge on any atom is 0.126 e. The van der Waals surface area contributed by atoms with Crippen molar-refractivity contribution in [1.82, 2.24) is 0 Å². The van der Waals surface area contributed by atoms with Crippen molar-refractivity contribution in [3.63, 3.8) is 0 Å². The molecule has 0 unspecified atom stereocenters. The molecule has 15 heavy (non-hydrogen) atoms. The molecule has 2 aromatic carbocycles. The second kappa shape index (κ2) is 4.35. The Hall–Kier alpha value is -1.50. The largest absolute Gasteiger partial charge is 0.496 e. The zero-order valence-corrected chi connectivity index (χ0v) is 9.29. The van der Waals surface area contributed by atoms with Crippen LogP contribution in [0, 0.1) is 0 Å². The highest BCUT2D eigenvalue weighted by atomic mass is 16.5. The summed E-state index contributed by atoms with van der Waals surface area (Å²) in [6.45, 7) is 2.21. The molecule has 0 N–H and O–H groups in total. The first-order valence-corrected chi connectivity index (χ1v) is 5.41. The third-order valence-electron chi connectivity index (χ3n) is 2.71. The van der Waals surface area contributed by atoms with E-state index >= 15 is 0 Å². The second-order valence-corrected chi connectivity index (χ2v) is 3.72. The van der Waals surface area contributed by atoms with Gasteiger partial charge in [0.2, 0.25) is 0 Å². The normalized spacial score (nSPS) is 10.5. The zero-order chi connectivity index (χ0) is 10.7. The molecule has 2 rings (SSSR count). The lowest BCUT2D eigenvalue weighted by molar-refractivity contribution is 0.420. The maximum atomic E-state index is 5.36. The van der Waals surface area contributed by atoms with Crippen LogP contribution < -0.4 is 4.74 Å². The fourth-order valence-corrected chi connectivity index (χ4v) is 2.01. The van der Waals surface area contributed by atoms with Crippen molar-refractivity contribution < 1.29 is 4.74 Å². The van der Waals surface area contributed by atoms with Gasteiger partial charge in [0.1, 0.15) is 5.75 Å². The Kier molecular flexibility index (Phi) is 2.91. The van der Waals surface area contributed by atoms with Crippen LogP contribution in [0.15, 0.2) is 36.4 Å². The Morgan fingerprint density at radius 2 is 1.73 bits per heavy atom. The molecule has 0 amide bonds. The van der Waals surface area contributed by atoms with E-state index < -0.39 is 0 Å². The SMILES string of the molecule is CCCc1cccc2c(OC)cccc12. The Morgan fingerprint density at radius 3 is 2.47 bits per heavy atom. The molecule has 2 aromatic rings. The van der Waals surface area contributed by atoms with Crippen molar-refractivity contribution >= 4 is 10.8 Å². The average molecular weight is 200 g/mol. The molecule has 0 saturated carbocycles. The van der Waals surface area contributed by atoms with Gasteiger partial charge in [-0.25, -0.2) is 0 Å². The standard InChI is InChI=1S/C14H16O/c1-3-6-11-7-4-9-13-12(11)8-5-10-14(13)15-2/h4-5,7-10H,3,6H2,1-2H3. The fourth-order valence-electron chi connectivity index (χ4n) is 2.01. The minimum Gasteiger partial charge on any atom is -0.496 e. The van der Waals surface area contributed by atoms with E-state index in [1.807, 2.05) is 6.07 Å². The molecule has 78 valence electrons. The van der Waals surface area contributed by atoms with Gasteiger partial charge in [0.05, 0.1) is 7.11 Å². The first-order chi connectivity index (χ1) is 7.36. The number of rotatable bonds is 3. The molecule has 0 spiro atoms. The quantitative estimate of drug-likeness (QED) is 0.732. The summed E-state index contributed by atoms with van der Waals surface area (Å²) in [4.78, 5) is 0. The van der Waals surface area contributed by atoms with E-state index in [1.165, 1.54) is 22.8 Å². The number of ether oxygens (including phenoxy) is 1. The third kappa shape index (κ3) is 1.82. The van der Waals surface area contributed by atoms with Gasteiger partial charge < -0.3 is 4.74 Å². The van der Waals surface area contributed by atoms with E-state index in [-0.39, 0.29) is 0 Å². The molecule has 0 heterocycles. The summed E-state index contributed by atoms with van der Waals surface area (Å²) in [7, 11) is 1.72. The predicted octanol–water partition coefficient (Wildman–Crippen LogP) is 3.80. The lowest BCUT2D eigenvalue weighted by Gasteiger charge is -2.08. The van der Waals surface area contributed by atoms with Crippen LogP contribution in [0.3, 0.4) is 0 Å². The van der Waals surface area contributed by atoms with Crippen LogP contribution in [-0.4, -0.2) is 7.11 Å². The molecule has 0 radical (unpaired) electrons. The van der Waals surface area contributed by atoms with Crippen molar-refractivity contribution in [2.24, 2.45) is 0 Å². The van der Waals surface area contributed by atoms with Crippen LogP contribution in [0.1, 0.15) is 18.9 Å². The number of methoxy groups -OCH3 is 1. The third-order valence-corrected chi connectivity index (χ3v) is 2.71. The van der Waals surface area contributed by atoms with Crippen molar-refractivity contribution in [2.75, 3.05) is 7.11 Å². The zero-order valence-electron chi connectivity index (χ0n) is 9.29. The summed E-state index contributed by atoms with van der Waals surface area (Å²) < 4.78 is 5.36. The molecular formula is C14H16O. The highest BCUT2D eigenvalue weighted by Gasteiger charge is 2.03. The number of benzene rings is 2. The molecule has 1 heteroatoms. The molecule has 0 aromatic heterocycles. The Bertz CT molecular complexity index is 460.